The highest BCUT2D eigenvalue weighted by Crippen LogP contribution is 2.33. The Kier molecular flexibility index (Phi) is 7.18. The number of ketones is 1. The molecule has 3 aromatic carbocycles. The van der Waals surface area contributed by atoms with Crippen molar-refractivity contribution in [3.8, 4) is 5.75 Å². The quantitative estimate of drug-likeness (QED) is 0.222. The van der Waals surface area contributed by atoms with Gasteiger partial charge in [-0.2, -0.15) is 0 Å². The van der Waals surface area contributed by atoms with E-state index < -0.39 is 29.3 Å². The minimum atomic E-state index is -1.11. The van der Waals surface area contributed by atoms with Gasteiger partial charge in [0.05, 0.1) is 17.3 Å². The van der Waals surface area contributed by atoms with Crippen LogP contribution in [0, 0.1) is 17.6 Å². The zero-order chi connectivity index (χ0) is 27.5. The van der Waals surface area contributed by atoms with Crippen LogP contribution >= 0.6 is 0 Å². The number of carbonyl (C=O) groups excluding carboxylic acids is 1. The van der Waals surface area contributed by atoms with Crippen LogP contribution in [0.5, 0.6) is 5.75 Å². The first-order valence-electron chi connectivity index (χ1n) is 12.1. The molecule has 8 nitrogen and oxygen atoms in total. The van der Waals surface area contributed by atoms with E-state index in [-0.39, 0.29) is 37.3 Å². The lowest BCUT2D eigenvalue weighted by atomic mass is 9.97. The van der Waals surface area contributed by atoms with Crippen LogP contribution < -0.4 is 4.74 Å². The van der Waals surface area contributed by atoms with Gasteiger partial charge in [-0.05, 0) is 48.9 Å². The van der Waals surface area contributed by atoms with Crippen LogP contribution in [0.25, 0.3) is 16.7 Å². The number of aliphatic carboxylic acids is 1. The molecular weight excluding hydrogens is 508 g/mol. The second kappa shape index (κ2) is 10.9. The van der Waals surface area contributed by atoms with Gasteiger partial charge in [-0.1, -0.05) is 30.0 Å². The van der Waals surface area contributed by atoms with E-state index in [0.29, 0.717) is 28.1 Å². The fraction of sp³-hybridized carbons (Fsp3) is 0.172. The number of benzene rings is 3. The van der Waals surface area contributed by atoms with Gasteiger partial charge in [0.25, 0.3) is 0 Å². The average Bonchev–Trinajstić information content (AvgIpc) is 3.35. The van der Waals surface area contributed by atoms with E-state index in [9.17, 15) is 23.5 Å². The summed E-state index contributed by atoms with van der Waals surface area (Å²) in [5, 5.41) is 20.1. The van der Waals surface area contributed by atoms with Gasteiger partial charge < -0.3 is 14.3 Å². The molecule has 0 aliphatic carbocycles. The van der Waals surface area contributed by atoms with Crippen molar-refractivity contribution in [3.63, 3.8) is 0 Å². The van der Waals surface area contributed by atoms with Crippen molar-refractivity contribution in [3.05, 3.63) is 102 Å². The van der Waals surface area contributed by atoms with Crippen LogP contribution in [0.15, 0.2) is 88.1 Å². The van der Waals surface area contributed by atoms with Crippen molar-refractivity contribution in [1.29, 1.82) is 0 Å². The zero-order valence-corrected chi connectivity index (χ0v) is 20.6. The number of carboxylic acids is 1. The van der Waals surface area contributed by atoms with E-state index >= 15 is 0 Å². The van der Waals surface area contributed by atoms with Gasteiger partial charge in [0, 0.05) is 35.5 Å². The number of hydrogen-bond donors (Lipinski definition) is 1. The highest BCUT2D eigenvalue weighted by Gasteiger charge is 2.26. The molecule has 39 heavy (non-hydrogen) atoms. The fourth-order valence-corrected chi connectivity index (χ4v) is 4.24. The molecule has 1 atom stereocenters. The van der Waals surface area contributed by atoms with Crippen LogP contribution in [0.3, 0.4) is 0 Å². The van der Waals surface area contributed by atoms with Gasteiger partial charge in [-0.15, -0.1) is 5.11 Å². The molecule has 0 saturated carbocycles. The number of nitrogens with zero attached hydrogens (tertiary/aromatic N) is 3. The van der Waals surface area contributed by atoms with Crippen molar-refractivity contribution < 1.29 is 32.6 Å². The Morgan fingerprint density at radius 2 is 1.90 bits per heavy atom. The minimum absolute atomic E-state index is 0.0222. The first kappa shape index (κ1) is 25.8. The smallest absolute Gasteiger partial charge is 0.307 e. The summed E-state index contributed by atoms with van der Waals surface area (Å²) in [6, 6.07) is 16.9. The normalized spacial score (nSPS) is 13.4. The molecule has 0 fully saturated rings. The van der Waals surface area contributed by atoms with Crippen molar-refractivity contribution in [2.45, 2.75) is 19.4 Å². The molecule has 1 aliphatic heterocycles. The van der Waals surface area contributed by atoms with Crippen LogP contribution in [0.2, 0.25) is 0 Å². The molecular formula is C29H23F2N3O5. The SMILES string of the molecule is C=C1c2ccccc2N=NN1CCC(CC(=O)c1cc2cc(OCc3ccc(F)cc3F)ccc2o1)C(=O)O. The van der Waals surface area contributed by atoms with Crippen molar-refractivity contribution >= 4 is 34.1 Å². The number of Topliss-reactive ketones (excluding diaryl/α,β-unsaturated/α-hetero) is 1. The summed E-state index contributed by atoms with van der Waals surface area (Å²) in [6.45, 7) is 4.14. The van der Waals surface area contributed by atoms with Crippen LogP contribution in [0.1, 0.15) is 34.5 Å². The standard InChI is InChI=1S/C29H23F2N3O5/c1-17-23-4-2-3-5-25(23)32-33-34(17)11-10-18(29(36)37)13-26(35)28-14-20-12-22(8-9-27(20)39-28)38-16-19-6-7-21(30)15-24(19)31/h2-9,12,14-15,18H,1,10-11,13,16H2,(H,36,37). The number of fused-ring (bicyclic) bond motifs is 2. The Labute approximate surface area is 221 Å². The molecule has 4 aromatic rings. The van der Waals surface area contributed by atoms with Crippen molar-refractivity contribution in [2.75, 3.05) is 6.54 Å². The minimum Gasteiger partial charge on any atom is -0.489 e. The van der Waals surface area contributed by atoms with Gasteiger partial charge in [-0.3, -0.25) is 9.59 Å². The molecule has 1 aliphatic rings. The average molecular weight is 532 g/mol. The molecule has 5 rings (SSSR count). The van der Waals surface area contributed by atoms with E-state index in [1.54, 1.807) is 18.2 Å². The van der Waals surface area contributed by atoms with Gasteiger partial charge >= 0.3 is 5.97 Å². The van der Waals surface area contributed by atoms with Crippen molar-refractivity contribution in [1.82, 2.24) is 5.01 Å². The Morgan fingerprint density at radius 3 is 2.69 bits per heavy atom. The summed E-state index contributed by atoms with van der Waals surface area (Å²) >= 11 is 0. The fourth-order valence-electron chi connectivity index (χ4n) is 4.24. The van der Waals surface area contributed by atoms with Crippen LogP contribution in [0.4, 0.5) is 14.5 Å². The molecule has 1 N–H and O–H groups in total. The lowest BCUT2D eigenvalue weighted by Crippen LogP contribution is -2.25. The number of halogens is 2. The maximum absolute atomic E-state index is 13.9. The maximum atomic E-state index is 13.9. The zero-order valence-electron chi connectivity index (χ0n) is 20.6. The highest BCUT2D eigenvalue weighted by molar-refractivity contribution is 5.99. The summed E-state index contributed by atoms with van der Waals surface area (Å²) in [5.74, 6) is -3.51. The molecule has 2 heterocycles. The summed E-state index contributed by atoms with van der Waals surface area (Å²) in [5.41, 5.74) is 2.70. The van der Waals surface area contributed by atoms with Crippen molar-refractivity contribution in [2.24, 2.45) is 16.3 Å². The first-order valence-corrected chi connectivity index (χ1v) is 12.1. The molecule has 1 aromatic heterocycles. The van der Waals surface area contributed by atoms with E-state index in [4.69, 9.17) is 9.15 Å². The number of ether oxygens (including phenoxy) is 1. The Morgan fingerprint density at radius 1 is 1.08 bits per heavy atom. The van der Waals surface area contributed by atoms with Gasteiger partial charge in [0.15, 0.2) is 11.5 Å². The molecule has 0 bridgehead atoms. The lowest BCUT2D eigenvalue weighted by molar-refractivity contribution is -0.142. The number of carbonyl (C=O) groups is 2. The molecule has 198 valence electrons. The Balaban J connectivity index is 1.22. The highest BCUT2D eigenvalue weighted by atomic mass is 19.1. The maximum Gasteiger partial charge on any atom is 0.307 e. The number of furan rings is 1. The molecule has 0 amide bonds. The van der Waals surface area contributed by atoms with E-state index in [2.05, 4.69) is 16.9 Å². The second-order valence-electron chi connectivity index (χ2n) is 9.06. The Bertz CT molecular complexity index is 1610. The molecule has 1 unspecified atom stereocenters. The molecule has 0 saturated heterocycles. The summed E-state index contributed by atoms with van der Waals surface area (Å²) in [7, 11) is 0. The van der Waals surface area contributed by atoms with E-state index in [1.165, 1.54) is 17.1 Å². The monoisotopic (exact) mass is 531 g/mol. The summed E-state index contributed by atoms with van der Waals surface area (Å²) in [4.78, 5) is 24.9. The molecule has 0 spiro atoms. The summed E-state index contributed by atoms with van der Waals surface area (Å²) in [6.07, 6.45) is -0.129. The first-order chi connectivity index (χ1) is 18.8. The van der Waals surface area contributed by atoms with E-state index in [0.717, 1.165) is 17.7 Å². The van der Waals surface area contributed by atoms with Gasteiger partial charge in [-0.25, -0.2) is 13.8 Å². The number of rotatable bonds is 10. The predicted molar refractivity (Wildman–Crippen MR) is 138 cm³/mol. The topological polar surface area (TPSA) is 105 Å². The molecule has 10 heteroatoms. The number of hydrogen-bond acceptors (Lipinski definition) is 7. The third-order valence-electron chi connectivity index (χ3n) is 6.43. The van der Waals surface area contributed by atoms with E-state index in [1.807, 2.05) is 24.3 Å². The number of carboxylic acid groups (broad SMARTS) is 1. The Hall–Kier alpha value is -4.86. The lowest BCUT2D eigenvalue weighted by Gasteiger charge is -2.25. The van der Waals surface area contributed by atoms with Gasteiger partial charge in [0.1, 0.15) is 29.6 Å². The second-order valence-corrected chi connectivity index (χ2v) is 9.06. The third kappa shape index (κ3) is 5.69. The third-order valence-corrected chi connectivity index (χ3v) is 6.43. The van der Waals surface area contributed by atoms with Crippen LogP contribution in [-0.2, 0) is 11.4 Å². The predicted octanol–water partition coefficient (Wildman–Crippen LogP) is 6.94. The largest absolute Gasteiger partial charge is 0.489 e. The summed E-state index contributed by atoms with van der Waals surface area (Å²) < 4.78 is 38.2. The van der Waals surface area contributed by atoms with Gasteiger partial charge in [0.2, 0.25) is 0 Å². The van der Waals surface area contributed by atoms with Crippen LogP contribution in [-0.4, -0.2) is 28.4 Å². The molecule has 0 radical (unpaired) electrons.